The van der Waals surface area contributed by atoms with Gasteiger partial charge in [0.2, 0.25) is 0 Å². The SMILES string of the molecule is C=CCCCCNCCNC(=O)OC(C)(C)C. The van der Waals surface area contributed by atoms with Crippen LogP contribution in [-0.2, 0) is 4.74 Å². The van der Waals surface area contributed by atoms with Gasteiger partial charge in [0.1, 0.15) is 5.60 Å². The average molecular weight is 242 g/mol. The van der Waals surface area contributed by atoms with Crippen LogP contribution in [0.15, 0.2) is 12.7 Å². The van der Waals surface area contributed by atoms with Gasteiger partial charge in [-0.15, -0.1) is 6.58 Å². The van der Waals surface area contributed by atoms with E-state index in [1.807, 2.05) is 26.8 Å². The first kappa shape index (κ1) is 16.0. The molecule has 0 rings (SSSR count). The summed E-state index contributed by atoms with van der Waals surface area (Å²) in [6.45, 7) is 11.6. The van der Waals surface area contributed by atoms with Gasteiger partial charge >= 0.3 is 6.09 Å². The van der Waals surface area contributed by atoms with E-state index in [4.69, 9.17) is 4.74 Å². The van der Waals surface area contributed by atoms with Crippen LogP contribution >= 0.6 is 0 Å². The summed E-state index contributed by atoms with van der Waals surface area (Å²) in [7, 11) is 0. The molecule has 0 aliphatic rings. The summed E-state index contributed by atoms with van der Waals surface area (Å²) in [5, 5.41) is 5.96. The number of alkyl carbamates (subject to hydrolysis) is 1. The highest BCUT2D eigenvalue weighted by atomic mass is 16.6. The minimum Gasteiger partial charge on any atom is -0.444 e. The third-order valence-electron chi connectivity index (χ3n) is 1.98. The molecule has 0 fully saturated rings. The van der Waals surface area contributed by atoms with E-state index in [9.17, 15) is 4.79 Å². The van der Waals surface area contributed by atoms with E-state index < -0.39 is 5.60 Å². The van der Waals surface area contributed by atoms with Crippen LogP contribution in [0.2, 0.25) is 0 Å². The molecule has 0 aromatic carbocycles. The highest BCUT2D eigenvalue weighted by Crippen LogP contribution is 2.05. The second kappa shape index (κ2) is 9.05. The van der Waals surface area contributed by atoms with Crippen molar-refractivity contribution in [3.8, 4) is 0 Å². The van der Waals surface area contributed by atoms with Crippen molar-refractivity contribution in [2.45, 2.75) is 45.6 Å². The number of hydrogen-bond donors (Lipinski definition) is 2. The number of carbonyl (C=O) groups excluding carboxylic acids is 1. The zero-order chi connectivity index (χ0) is 13.1. The molecule has 0 aliphatic heterocycles. The Morgan fingerprint density at radius 1 is 1.24 bits per heavy atom. The van der Waals surface area contributed by atoms with Gasteiger partial charge in [0.05, 0.1) is 0 Å². The van der Waals surface area contributed by atoms with Crippen LogP contribution in [0.5, 0.6) is 0 Å². The van der Waals surface area contributed by atoms with Gasteiger partial charge in [-0.05, 0) is 46.6 Å². The van der Waals surface area contributed by atoms with E-state index >= 15 is 0 Å². The van der Waals surface area contributed by atoms with Crippen LogP contribution in [0.1, 0.15) is 40.0 Å². The Labute approximate surface area is 105 Å². The quantitative estimate of drug-likeness (QED) is 0.508. The summed E-state index contributed by atoms with van der Waals surface area (Å²) in [5.74, 6) is 0. The largest absolute Gasteiger partial charge is 0.444 e. The van der Waals surface area contributed by atoms with Crippen molar-refractivity contribution in [1.82, 2.24) is 10.6 Å². The number of hydrogen-bond acceptors (Lipinski definition) is 3. The van der Waals surface area contributed by atoms with Gasteiger partial charge in [-0.1, -0.05) is 6.08 Å². The molecule has 0 saturated heterocycles. The molecule has 0 aliphatic carbocycles. The van der Waals surface area contributed by atoms with Crippen LogP contribution in [-0.4, -0.2) is 31.3 Å². The average Bonchev–Trinajstić information content (AvgIpc) is 2.19. The summed E-state index contributed by atoms with van der Waals surface area (Å²) in [6, 6.07) is 0. The molecule has 0 aromatic rings. The summed E-state index contributed by atoms with van der Waals surface area (Å²) in [6.07, 6.45) is 4.95. The van der Waals surface area contributed by atoms with Crippen LogP contribution in [0.4, 0.5) is 4.79 Å². The van der Waals surface area contributed by atoms with E-state index in [1.165, 1.54) is 0 Å². The highest BCUT2D eigenvalue weighted by Gasteiger charge is 2.15. The molecule has 0 bridgehead atoms. The van der Waals surface area contributed by atoms with Crippen LogP contribution < -0.4 is 10.6 Å². The van der Waals surface area contributed by atoms with Crippen molar-refractivity contribution in [2.75, 3.05) is 19.6 Å². The second-order valence-electron chi connectivity index (χ2n) is 4.96. The molecule has 17 heavy (non-hydrogen) atoms. The lowest BCUT2D eigenvalue weighted by molar-refractivity contribution is 0.0528. The summed E-state index contributed by atoms with van der Waals surface area (Å²) >= 11 is 0. The topological polar surface area (TPSA) is 50.4 Å². The Kier molecular flexibility index (Phi) is 8.50. The second-order valence-corrected chi connectivity index (χ2v) is 4.96. The molecule has 0 unspecified atom stereocenters. The fraction of sp³-hybridized carbons (Fsp3) is 0.769. The van der Waals surface area contributed by atoms with Crippen LogP contribution in [0.25, 0.3) is 0 Å². The molecular weight excluding hydrogens is 216 g/mol. The molecule has 100 valence electrons. The molecule has 0 aromatic heterocycles. The predicted octanol–water partition coefficient (Wildman–Crippen LogP) is 2.46. The third-order valence-corrected chi connectivity index (χ3v) is 1.98. The number of carbonyl (C=O) groups is 1. The van der Waals surface area contributed by atoms with Gasteiger partial charge in [0.15, 0.2) is 0 Å². The molecule has 0 heterocycles. The molecule has 1 amide bonds. The monoisotopic (exact) mass is 242 g/mol. The van der Waals surface area contributed by atoms with Crippen molar-refractivity contribution >= 4 is 6.09 Å². The Morgan fingerprint density at radius 3 is 2.53 bits per heavy atom. The Hall–Kier alpha value is -1.03. The first-order chi connectivity index (χ1) is 7.95. The number of allylic oxidation sites excluding steroid dienone is 1. The Balaban J connectivity index is 3.28. The molecule has 4 nitrogen and oxygen atoms in total. The minimum absolute atomic E-state index is 0.356. The van der Waals surface area contributed by atoms with Crippen LogP contribution in [0.3, 0.4) is 0 Å². The third kappa shape index (κ3) is 12.9. The first-order valence-electron chi connectivity index (χ1n) is 6.24. The van der Waals surface area contributed by atoms with Crippen molar-refractivity contribution in [3.05, 3.63) is 12.7 Å². The van der Waals surface area contributed by atoms with Crippen molar-refractivity contribution in [2.24, 2.45) is 0 Å². The lowest BCUT2D eigenvalue weighted by Crippen LogP contribution is -2.36. The maximum atomic E-state index is 11.3. The summed E-state index contributed by atoms with van der Waals surface area (Å²) < 4.78 is 5.11. The van der Waals surface area contributed by atoms with Gasteiger partial charge in [0.25, 0.3) is 0 Å². The Morgan fingerprint density at radius 2 is 1.94 bits per heavy atom. The van der Waals surface area contributed by atoms with Crippen molar-refractivity contribution in [1.29, 1.82) is 0 Å². The van der Waals surface area contributed by atoms with E-state index in [-0.39, 0.29) is 6.09 Å². The van der Waals surface area contributed by atoms with Gasteiger partial charge in [-0.3, -0.25) is 0 Å². The van der Waals surface area contributed by atoms with Gasteiger partial charge in [-0.2, -0.15) is 0 Å². The van der Waals surface area contributed by atoms with E-state index in [0.29, 0.717) is 6.54 Å². The van der Waals surface area contributed by atoms with Crippen molar-refractivity contribution in [3.63, 3.8) is 0 Å². The number of rotatable bonds is 8. The lowest BCUT2D eigenvalue weighted by atomic mass is 10.2. The van der Waals surface area contributed by atoms with Crippen LogP contribution in [0, 0.1) is 0 Å². The van der Waals surface area contributed by atoms with E-state index in [1.54, 1.807) is 0 Å². The highest BCUT2D eigenvalue weighted by molar-refractivity contribution is 5.67. The predicted molar refractivity (Wildman–Crippen MR) is 71.2 cm³/mol. The smallest absolute Gasteiger partial charge is 0.407 e. The van der Waals surface area contributed by atoms with E-state index in [0.717, 1.165) is 32.4 Å². The molecule has 0 spiro atoms. The maximum Gasteiger partial charge on any atom is 0.407 e. The lowest BCUT2D eigenvalue weighted by Gasteiger charge is -2.19. The number of ether oxygens (including phenoxy) is 1. The normalized spacial score (nSPS) is 11.0. The fourth-order valence-corrected chi connectivity index (χ4v) is 1.23. The fourth-order valence-electron chi connectivity index (χ4n) is 1.23. The number of unbranched alkanes of at least 4 members (excludes halogenated alkanes) is 2. The van der Waals surface area contributed by atoms with Gasteiger partial charge in [0, 0.05) is 13.1 Å². The number of amides is 1. The Bertz CT molecular complexity index is 222. The number of nitrogens with one attached hydrogen (secondary N) is 2. The first-order valence-corrected chi connectivity index (χ1v) is 6.24. The maximum absolute atomic E-state index is 11.3. The summed E-state index contributed by atoms with van der Waals surface area (Å²) in [5.41, 5.74) is -0.428. The molecule has 4 heteroatoms. The molecule has 2 N–H and O–H groups in total. The summed E-state index contributed by atoms with van der Waals surface area (Å²) in [4.78, 5) is 11.3. The molecule has 0 saturated carbocycles. The van der Waals surface area contributed by atoms with E-state index in [2.05, 4.69) is 17.2 Å². The molecule has 0 atom stereocenters. The molecule has 0 radical (unpaired) electrons. The molecular formula is C13H26N2O2. The van der Waals surface area contributed by atoms with Gasteiger partial charge < -0.3 is 15.4 Å². The zero-order valence-corrected chi connectivity index (χ0v) is 11.3. The zero-order valence-electron chi connectivity index (χ0n) is 11.3. The standard InChI is InChI=1S/C13H26N2O2/c1-5-6-7-8-9-14-10-11-15-12(16)17-13(2,3)4/h5,14H,1,6-11H2,2-4H3,(H,15,16). The minimum atomic E-state index is -0.428. The van der Waals surface area contributed by atoms with Gasteiger partial charge in [-0.25, -0.2) is 4.79 Å². The van der Waals surface area contributed by atoms with Crippen molar-refractivity contribution < 1.29 is 9.53 Å².